The molecule has 0 aliphatic heterocycles. The molecule has 154 valence electrons. The zero-order valence-electron chi connectivity index (χ0n) is 17.1. The number of amides is 1. The quantitative estimate of drug-likeness (QED) is 0.564. The third-order valence-corrected chi connectivity index (χ3v) is 4.76. The summed E-state index contributed by atoms with van der Waals surface area (Å²) < 4.78 is 11.5. The van der Waals surface area contributed by atoms with Gasteiger partial charge in [-0.25, -0.2) is 4.79 Å². The van der Waals surface area contributed by atoms with Crippen molar-refractivity contribution in [2.75, 3.05) is 18.5 Å². The van der Waals surface area contributed by atoms with E-state index < -0.39 is 24.1 Å². The number of para-hydroxylation sites is 1. The van der Waals surface area contributed by atoms with Crippen LogP contribution in [-0.2, 0) is 24.7 Å². The Hall–Kier alpha value is -3.44. The number of benzene rings is 3. The second kappa shape index (κ2) is 9.85. The molecule has 0 aliphatic rings. The predicted octanol–water partition coefficient (Wildman–Crippen LogP) is 4.46. The van der Waals surface area contributed by atoms with Crippen LogP contribution in [-0.4, -0.2) is 25.1 Å². The summed E-state index contributed by atoms with van der Waals surface area (Å²) >= 11 is 0. The predicted molar refractivity (Wildman–Crippen MR) is 116 cm³/mol. The molecule has 3 rings (SSSR count). The first-order valence-corrected chi connectivity index (χ1v) is 9.85. The molecule has 0 bridgehead atoms. The van der Waals surface area contributed by atoms with Gasteiger partial charge in [0.05, 0.1) is 0 Å². The molecule has 3 aromatic rings. The molecule has 30 heavy (non-hydrogen) atoms. The van der Waals surface area contributed by atoms with Crippen LogP contribution in [0.25, 0.3) is 0 Å². The summed E-state index contributed by atoms with van der Waals surface area (Å²) in [6.45, 7) is 3.58. The van der Waals surface area contributed by atoms with Crippen molar-refractivity contribution in [2.24, 2.45) is 0 Å². The smallest absolute Gasteiger partial charge is 0.348 e. The Kier molecular flexibility index (Phi) is 6.99. The molecule has 1 amide bonds. The van der Waals surface area contributed by atoms with E-state index in [1.807, 2.05) is 92.7 Å². The van der Waals surface area contributed by atoms with Crippen LogP contribution >= 0.6 is 0 Å². The van der Waals surface area contributed by atoms with Crippen LogP contribution in [0.3, 0.4) is 0 Å². The molecular weight excluding hydrogens is 378 g/mol. The van der Waals surface area contributed by atoms with Crippen molar-refractivity contribution in [1.82, 2.24) is 0 Å². The van der Waals surface area contributed by atoms with Crippen LogP contribution in [0.4, 0.5) is 5.69 Å². The van der Waals surface area contributed by atoms with Crippen molar-refractivity contribution in [3.63, 3.8) is 0 Å². The highest BCUT2D eigenvalue weighted by atomic mass is 16.6. The minimum absolute atomic E-state index is 0.286. The number of esters is 1. The van der Waals surface area contributed by atoms with E-state index >= 15 is 0 Å². The Bertz CT molecular complexity index is 947. The lowest BCUT2D eigenvalue weighted by molar-refractivity contribution is -0.169. The zero-order chi connectivity index (χ0) is 21.4. The largest absolute Gasteiger partial charge is 0.453 e. The first-order valence-electron chi connectivity index (χ1n) is 9.85. The maximum absolute atomic E-state index is 13.4. The van der Waals surface area contributed by atoms with E-state index in [4.69, 9.17) is 9.47 Å². The number of carbonyl (C=O) groups excluding carboxylic acids is 2. The third-order valence-electron chi connectivity index (χ3n) is 4.76. The van der Waals surface area contributed by atoms with Crippen LogP contribution in [0.2, 0.25) is 0 Å². The van der Waals surface area contributed by atoms with Crippen LogP contribution in [0.15, 0.2) is 84.9 Å². The SMILES string of the molecule is CCOC(C(=O)OCC(=O)Nc1ccccc1C)(c1ccccc1)c1ccccc1. The van der Waals surface area contributed by atoms with Crippen molar-refractivity contribution in [2.45, 2.75) is 19.4 Å². The number of carbonyl (C=O) groups is 2. The summed E-state index contributed by atoms with van der Waals surface area (Å²) in [7, 11) is 0. The van der Waals surface area contributed by atoms with E-state index in [1.165, 1.54) is 0 Å². The van der Waals surface area contributed by atoms with Gasteiger partial charge in [0.1, 0.15) is 0 Å². The average molecular weight is 403 g/mol. The molecule has 0 fully saturated rings. The number of anilines is 1. The second-order valence-electron chi connectivity index (χ2n) is 6.79. The van der Waals surface area contributed by atoms with Crippen LogP contribution < -0.4 is 5.32 Å². The molecule has 5 heteroatoms. The summed E-state index contributed by atoms with van der Waals surface area (Å²) in [6, 6.07) is 25.8. The molecule has 0 heterocycles. The van der Waals surface area contributed by atoms with Gasteiger partial charge in [0.25, 0.3) is 5.91 Å². The van der Waals surface area contributed by atoms with Crippen molar-refractivity contribution in [1.29, 1.82) is 0 Å². The van der Waals surface area contributed by atoms with Gasteiger partial charge in [-0.05, 0) is 36.6 Å². The van der Waals surface area contributed by atoms with Crippen molar-refractivity contribution < 1.29 is 19.1 Å². The highest BCUT2D eigenvalue weighted by Gasteiger charge is 2.45. The van der Waals surface area contributed by atoms with Gasteiger partial charge in [0, 0.05) is 12.3 Å². The molecule has 1 N–H and O–H groups in total. The van der Waals surface area contributed by atoms with E-state index in [1.54, 1.807) is 6.07 Å². The van der Waals surface area contributed by atoms with Crippen molar-refractivity contribution in [3.05, 3.63) is 102 Å². The maximum atomic E-state index is 13.4. The van der Waals surface area contributed by atoms with Crippen molar-refractivity contribution >= 4 is 17.6 Å². The summed E-state index contributed by atoms with van der Waals surface area (Å²) in [5.74, 6) is -1.05. The Labute approximate surface area is 176 Å². The molecule has 0 saturated carbocycles. The van der Waals surface area contributed by atoms with Gasteiger partial charge in [-0.15, -0.1) is 0 Å². The molecule has 0 unspecified atom stereocenters. The molecule has 0 aliphatic carbocycles. The topological polar surface area (TPSA) is 64.6 Å². The minimum Gasteiger partial charge on any atom is -0.453 e. The molecule has 0 spiro atoms. The van der Waals surface area contributed by atoms with Gasteiger partial charge in [-0.1, -0.05) is 78.9 Å². The number of hydrogen-bond donors (Lipinski definition) is 1. The Morgan fingerprint density at radius 1 is 0.833 bits per heavy atom. The lowest BCUT2D eigenvalue weighted by atomic mass is 9.86. The van der Waals surface area contributed by atoms with Gasteiger partial charge in [-0.3, -0.25) is 4.79 Å². The number of nitrogens with one attached hydrogen (secondary N) is 1. The maximum Gasteiger partial charge on any atom is 0.348 e. The standard InChI is InChI=1S/C25H25NO4/c1-3-30-25(20-13-6-4-7-14-20,21-15-8-5-9-16-21)24(28)29-18-23(27)26-22-17-11-10-12-19(22)2/h4-17H,3,18H2,1-2H3,(H,26,27). The van der Waals surface area contributed by atoms with Gasteiger partial charge < -0.3 is 14.8 Å². The lowest BCUT2D eigenvalue weighted by Crippen LogP contribution is -2.42. The molecule has 0 saturated heterocycles. The molecule has 0 aromatic heterocycles. The Balaban J connectivity index is 1.85. The van der Waals surface area contributed by atoms with Crippen LogP contribution in [0.1, 0.15) is 23.6 Å². The molecule has 5 nitrogen and oxygen atoms in total. The number of ether oxygens (including phenoxy) is 2. The van der Waals surface area contributed by atoms with Gasteiger partial charge >= 0.3 is 5.97 Å². The third kappa shape index (κ3) is 4.58. The molecule has 0 atom stereocenters. The first kappa shape index (κ1) is 21.3. The van der Waals surface area contributed by atoms with E-state index in [-0.39, 0.29) is 6.61 Å². The van der Waals surface area contributed by atoms with Gasteiger partial charge in [-0.2, -0.15) is 0 Å². The minimum atomic E-state index is -1.46. The van der Waals surface area contributed by atoms with Crippen LogP contribution in [0.5, 0.6) is 0 Å². The average Bonchev–Trinajstić information content (AvgIpc) is 2.78. The highest BCUT2D eigenvalue weighted by molar-refractivity contribution is 5.94. The second-order valence-corrected chi connectivity index (χ2v) is 6.79. The fourth-order valence-corrected chi connectivity index (χ4v) is 3.32. The van der Waals surface area contributed by atoms with Gasteiger partial charge in [0.15, 0.2) is 6.61 Å². The summed E-state index contributed by atoms with van der Waals surface area (Å²) in [5.41, 5.74) is 1.43. The molecular formula is C25H25NO4. The molecule has 0 radical (unpaired) electrons. The number of rotatable bonds is 8. The fourth-order valence-electron chi connectivity index (χ4n) is 3.32. The highest BCUT2D eigenvalue weighted by Crippen LogP contribution is 2.35. The molecule has 3 aromatic carbocycles. The normalized spacial score (nSPS) is 11.0. The zero-order valence-corrected chi connectivity index (χ0v) is 17.1. The monoisotopic (exact) mass is 403 g/mol. The summed E-state index contributed by atoms with van der Waals surface area (Å²) in [4.78, 5) is 25.8. The summed E-state index contributed by atoms with van der Waals surface area (Å²) in [5, 5.41) is 2.77. The van der Waals surface area contributed by atoms with Gasteiger partial charge in [0.2, 0.25) is 5.60 Å². The fraction of sp³-hybridized carbons (Fsp3) is 0.200. The Morgan fingerprint density at radius 2 is 1.37 bits per heavy atom. The van der Waals surface area contributed by atoms with E-state index in [9.17, 15) is 9.59 Å². The summed E-state index contributed by atoms with van der Waals surface area (Å²) in [6.07, 6.45) is 0. The number of aryl methyl sites for hydroxylation is 1. The first-order chi connectivity index (χ1) is 14.6. The van der Waals surface area contributed by atoms with E-state index in [0.717, 1.165) is 5.56 Å². The van der Waals surface area contributed by atoms with Crippen LogP contribution in [0, 0.1) is 6.92 Å². The van der Waals surface area contributed by atoms with Crippen molar-refractivity contribution in [3.8, 4) is 0 Å². The van der Waals surface area contributed by atoms with E-state index in [2.05, 4.69) is 5.32 Å². The van der Waals surface area contributed by atoms with E-state index in [0.29, 0.717) is 16.8 Å². The Morgan fingerprint density at radius 3 is 1.90 bits per heavy atom. The number of hydrogen-bond acceptors (Lipinski definition) is 4. The lowest BCUT2D eigenvalue weighted by Gasteiger charge is -2.32.